The van der Waals surface area contributed by atoms with Gasteiger partial charge in [-0.15, -0.1) is 0 Å². The molecule has 4 aromatic rings. The van der Waals surface area contributed by atoms with Crippen LogP contribution in [0.2, 0.25) is 0 Å². The zero-order valence-corrected chi connectivity index (χ0v) is 17.8. The van der Waals surface area contributed by atoms with Crippen molar-refractivity contribution in [2.45, 2.75) is 13.5 Å². The van der Waals surface area contributed by atoms with Crippen molar-refractivity contribution >= 4 is 28.4 Å². The third-order valence-corrected chi connectivity index (χ3v) is 5.36. The molecular formula is C26H24N4O4. The molecule has 5 rings (SSSR count). The van der Waals surface area contributed by atoms with Crippen LogP contribution in [0.4, 0.5) is 5.69 Å². The molecule has 0 spiro atoms. The number of likely N-dealkylation sites (N-methyl/N-ethyl adjacent to an activating group) is 1. The number of hydrogen-bond donors (Lipinski definition) is 1. The van der Waals surface area contributed by atoms with Gasteiger partial charge in [0.2, 0.25) is 5.88 Å². The summed E-state index contributed by atoms with van der Waals surface area (Å²) in [6, 6.07) is 18.7. The highest BCUT2D eigenvalue weighted by molar-refractivity contribution is 6.08. The van der Waals surface area contributed by atoms with Crippen LogP contribution < -0.4 is 19.7 Å². The first-order valence-electron chi connectivity index (χ1n) is 10.4. The molecule has 2 aromatic heterocycles. The first kappa shape index (κ1) is 22.7. The van der Waals surface area contributed by atoms with Crippen molar-refractivity contribution in [3.8, 4) is 17.4 Å². The second-order valence-corrected chi connectivity index (χ2v) is 7.51. The van der Waals surface area contributed by atoms with Gasteiger partial charge in [-0.05, 0) is 42.5 Å². The number of fused-ring (bicyclic) bond motifs is 3. The molecule has 0 saturated heterocycles. The summed E-state index contributed by atoms with van der Waals surface area (Å²) in [7, 11) is 1.67. The lowest BCUT2D eigenvalue weighted by molar-refractivity contribution is -0.120. The van der Waals surface area contributed by atoms with E-state index in [-0.39, 0.29) is 25.8 Å². The van der Waals surface area contributed by atoms with E-state index in [0.29, 0.717) is 22.7 Å². The first-order chi connectivity index (χ1) is 16.1. The Hall–Kier alpha value is -4.46. The summed E-state index contributed by atoms with van der Waals surface area (Å²) >= 11 is 0. The van der Waals surface area contributed by atoms with E-state index < -0.39 is 11.9 Å². The second-order valence-electron chi connectivity index (χ2n) is 7.51. The van der Waals surface area contributed by atoms with Gasteiger partial charge < -0.3 is 19.7 Å². The predicted octanol–water partition coefficient (Wildman–Crippen LogP) is 4.21. The maximum absolute atomic E-state index is 13.2. The number of rotatable bonds is 4. The molecule has 2 aromatic carbocycles. The average Bonchev–Trinajstić information content (AvgIpc) is 2.97. The van der Waals surface area contributed by atoms with Crippen molar-refractivity contribution in [3.63, 3.8) is 0 Å². The molecule has 0 radical (unpaired) electrons. The lowest BCUT2D eigenvalue weighted by Gasteiger charge is -2.21. The van der Waals surface area contributed by atoms with E-state index >= 15 is 0 Å². The zero-order valence-electron chi connectivity index (χ0n) is 17.8. The highest BCUT2D eigenvalue weighted by Crippen LogP contribution is 2.37. The number of anilines is 1. The summed E-state index contributed by atoms with van der Waals surface area (Å²) in [5.41, 5.74) is 1.71. The third-order valence-electron chi connectivity index (χ3n) is 5.36. The lowest BCUT2D eigenvalue weighted by Crippen LogP contribution is -2.49. The highest BCUT2D eigenvalue weighted by atomic mass is 16.5. The molecule has 1 atom stereocenters. The number of carbonyl (C=O) groups is 2. The summed E-state index contributed by atoms with van der Waals surface area (Å²) in [5, 5.41) is 3.58. The molecule has 2 amide bonds. The van der Waals surface area contributed by atoms with Gasteiger partial charge in [0.05, 0.1) is 11.2 Å². The fraction of sp³-hybridized carbons (Fsp3) is 0.154. The molecule has 1 aliphatic rings. The normalized spacial score (nSPS) is 14.9. The van der Waals surface area contributed by atoms with Crippen LogP contribution in [-0.4, -0.2) is 41.5 Å². The Morgan fingerprint density at radius 2 is 1.88 bits per heavy atom. The van der Waals surface area contributed by atoms with Gasteiger partial charge in [-0.2, -0.15) is 0 Å². The van der Waals surface area contributed by atoms with Crippen molar-refractivity contribution in [2.75, 3.05) is 18.6 Å². The van der Waals surface area contributed by atoms with E-state index in [2.05, 4.69) is 15.3 Å². The number of benzene rings is 2. The Balaban J connectivity index is 0.00000274. The Bertz CT molecular complexity index is 1340. The molecule has 8 heteroatoms. The van der Waals surface area contributed by atoms with E-state index in [9.17, 15) is 9.59 Å². The van der Waals surface area contributed by atoms with Crippen LogP contribution in [0.5, 0.6) is 17.4 Å². The van der Waals surface area contributed by atoms with Crippen LogP contribution in [0.25, 0.3) is 10.9 Å². The fourth-order valence-electron chi connectivity index (χ4n) is 3.73. The van der Waals surface area contributed by atoms with Gasteiger partial charge in [-0.1, -0.05) is 25.6 Å². The molecule has 34 heavy (non-hydrogen) atoms. The van der Waals surface area contributed by atoms with E-state index in [1.807, 2.05) is 36.4 Å². The molecule has 172 valence electrons. The molecule has 0 aliphatic carbocycles. The van der Waals surface area contributed by atoms with E-state index in [0.717, 1.165) is 10.9 Å². The lowest BCUT2D eigenvalue weighted by atomic mass is 10.1. The number of nitrogens with zero attached hydrogens (tertiary/aromatic N) is 3. The molecule has 3 heterocycles. The van der Waals surface area contributed by atoms with Crippen LogP contribution in [0, 0.1) is 0 Å². The number of pyridine rings is 2. The first-order valence-corrected chi connectivity index (χ1v) is 10.4. The van der Waals surface area contributed by atoms with E-state index in [4.69, 9.17) is 9.47 Å². The number of ether oxygens (including phenoxy) is 2. The molecule has 0 unspecified atom stereocenters. The summed E-state index contributed by atoms with van der Waals surface area (Å²) in [6.45, 7) is 0.00609. The van der Waals surface area contributed by atoms with Gasteiger partial charge >= 0.3 is 0 Å². The number of para-hydroxylation sites is 1. The van der Waals surface area contributed by atoms with Crippen LogP contribution in [-0.2, 0) is 4.79 Å². The quantitative estimate of drug-likeness (QED) is 0.494. The Labute approximate surface area is 197 Å². The zero-order chi connectivity index (χ0) is 22.8. The van der Waals surface area contributed by atoms with Crippen molar-refractivity contribution in [1.29, 1.82) is 0 Å². The minimum absolute atomic E-state index is 0. The van der Waals surface area contributed by atoms with Crippen LogP contribution in [0.1, 0.15) is 17.8 Å². The SMILES string of the molecule is C.CN1C(=O)[C@@H](NC(=O)c2ccnc(Oc3ccccc3)c2)COc2ccc3ncccc3c21. The van der Waals surface area contributed by atoms with E-state index in [1.54, 1.807) is 37.5 Å². The van der Waals surface area contributed by atoms with Gasteiger partial charge in [0.25, 0.3) is 11.8 Å². The van der Waals surface area contributed by atoms with Gasteiger partial charge in [0.15, 0.2) is 0 Å². The Morgan fingerprint density at radius 1 is 1.06 bits per heavy atom. The molecule has 8 nitrogen and oxygen atoms in total. The maximum atomic E-state index is 13.2. The van der Waals surface area contributed by atoms with Crippen LogP contribution in [0.15, 0.2) is 79.1 Å². The average molecular weight is 457 g/mol. The van der Waals surface area contributed by atoms with Crippen molar-refractivity contribution in [1.82, 2.24) is 15.3 Å². The predicted molar refractivity (Wildman–Crippen MR) is 129 cm³/mol. The number of amides is 2. The highest BCUT2D eigenvalue weighted by Gasteiger charge is 2.32. The Morgan fingerprint density at radius 3 is 2.71 bits per heavy atom. The van der Waals surface area contributed by atoms with Crippen LogP contribution >= 0.6 is 0 Å². The maximum Gasteiger partial charge on any atom is 0.252 e. The molecular weight excluding hydrogens is 432 g/mol. The third kappa shape index (κ3) is 4.38. The number of nitrogens with one attached hydrogen (secondary N) is 1. The van der Waals surface area contributed by atoms with Crippen LogP contribution in [0.3, 0.4) is 0 Å². The standard InChI is InChI=1S/C25H20N4O4.CH4/c1-29-23-18-8-5-12-26-19(18)9-10-21(23)32-15-20(25(29)31)28-24(30)16-11-13-27-22(14-16)33-17-6-3-2-4-7-17;/h2-14,20H,15H2,1H3,(H,28,30);1H4/t20-;/m0./s1. The van der Waals surface area contributed by atoms with Gasteiger partial charge in [0.1, 0.15) is 24.1 Å². The molecule has 1 N–H and O–H groups in total. The minimum Gasteiger partial charge on any atom is -0.489 e. The topological polar surface area (TPSA) is 93.7 Å². The molecule has 0 saturated carbocycles. The molecule has 1 aliphatic heterocycles. The summed E-state index contributed by atoms with van der Waals surface area (Å²) in [5.74, 6) is 0.735. The summed E-state index contributed by atoms with van der Waals surface area (Å²) in [6.07, 6.45) is 3.18. The minimum atomic E-state index is -0.867. The van der Waals surface area contributed by atoms with Crippen molar-refractivity contribution < 1.29 is 19.1 Å². The van der Waals surface area contributed by atoms with Gasteiger partial charge in [-0.3, -0.25) is 14.6 Å². The van der Waals surface area contributed by atoms with Gasteiger partial charge in [-0.25, -0.2) is 4.98 Å². The number of carbonyl (C=O) groups excluding carboxylic acids is 2. The number of hydrogen-bond acceptors (Lipinski definition) is 6. The summed E-state index contributed by atoms with van der Waals surface area (Å²) < 4.78 is 11.6. The largest absolute Gasteiger partial charge is 0.489 e. The smallest absolute Gasteiger partial charge is 0.252 e. The van der Waals surface area contributed by atoms with Crippen molar-refractivity contribution in [2.24, 2.45) is 0 Å². The molecule has 0 fully saturated rings. The monoisotopic (exact) mass is 456 g/mol. The van der Waals surface area contributed by atoms with Crippen molar-refractivity contribution in [3.05, 3.63) is 84.7 Å². The Kier molecular flexibility index (Phi) is 6.40. The van der Waals surface area contributed by atoms with Gasteiger partial charge in [0, 0.05) is 36.5 Å². The van der Waals surface area contributed by atoms with E-state index in [1.165, 1.54) is 17.2 Å². The number of aromatic nitrogens is 2. The molecule has 0 bridgehead atoms. The second kappa shape index (κ2) is 9.58. The summed E-state index contributed by atoms with van der Waals surface area (Å²) in [4.78, 5) is 36.1. The fourth-order valence-corrected chi connectivity index (χ4v) is 3.73.